The highest BCUT2D eigenvalue weighted by Crippen LogP contribution is 2.21. The zero-order chi connectivity index (χ0) is 20.1. The summed E-state index contributed by atoms with van der Waals surface area (Å²) in [6.07, 6.45) is 0. The number of para-hydroxylation sites is 1. The van der Waals surface area contributed by atoms with Crippen LogP contribution in [0.4, 0.5) is 10.1 Å². The van der Waals surface area contributed by atoms with Crippen LogP contribution in [-0.4, -0.2) is 56.3 Å². The molecule has 1 aliphatic heterocycles. The third-order valence-corrected chi connectivity index (χ3v) is 6.43. The number of nitrogens with zero attached hydrogens (tertiary/aromatic N) is 3. The molecule has 1 N–H and O–H groups in total. The molecule has 2 aromatic carbocycles. The molecular formula is C19H19FN4O3S. The fraction of sp³-hybridized carbons (Fsp3) is 0.263. The van der Waals surface area contributed by atoms with Crippen molar-refractivity contribution in [2.24, 2.45) is 0 Å². The van der Waals surface area contributed by atoms with Crippen molar-refractivity contribution in [3.05, 3.63) is 59.9 Å². The molecule has 9 heteroatoms. The number of carbonyl (C=O) groups excluding carboxylic acids is 1. The third-order valence-electron chi connectivity index (χ3n) is 4.47. The van der Waals surface area contributed by atoms with E-state index in [1.54, 1.807) is 23.1 Å². The molecule has 0 spiro atoms. The highest BCUT2D eigenvalue weighted by Gasteiger charge is 2.30. The van der Waals surface area contributed by atoms with Gasteiger partial charge in [0.1, 0.15) is 11.9 Å². The third kappa shape index (κ3) is 4.36. The van der Waals surface area contributed by atoms with Crippen LogP contribution in [0.2, 0.25) is 0 Å². The molecule has 0 aromatic heterocycles. The lowest BCUT2D eigenvalue weighted by molar-refractivity contribution is -0.117. The van der Waals surface area contributed by atoms with Crippen molar-refractivity contribution in [3.8, 4) is 6.07 Å². The van der Waals surface area contributed by atoms with Crippen molar-refractivity contribution >= 4 is 21.6 Å². The molecule has 3 rings (SSSR count). The fourth-order valence-corrected chi connectivity index (χ4v) is 4.57. The molecule has 0 radical (unpaired) electrons. The quantitative estimate of drug-likeness (QED) is 0.821. The first kappa shape index (κ1) is 19.9. The summed E-state index contributed by atoms with van der Waals surface area (Å²) in [5.41, 5.74) is 0.219. The Hall–Kier alpha value is -2.80. The lowest BCUT2D eigenvalue weighted by Gasteiger charge is -2.33. The summed E-state index contributed by atoms with van der Waals surface area (Å²) in [7, 11) is -3.78. The first-order chi connectivity index (χ1) is 13.4. The number of hydrogen-bond donors (Lipinski definition) is 1. The fourth-order valence-electron chi connectivity index (χ4n) is 3.01. The molecule has 0 unspecified atom stereocenters. The number of sulfonamides is 1. The summed E-state index contributed by atoms with van der Waals surface area (Å²) in [6, 6.07) is 13.9. The Bertz CT molecular complexity index is 1010. The molecule has 0 saturated carbocycles. The standard InChI is InChI=1S/C19H19FN4O3S/c20-16-6-2-3-7-17(16)22-19(25)14-23-9-11-24(12-10-23)28(26,27)18-8-4-1-5-15(18)13-21/h1-8H,9-12,14H2,(H,22,25). The van der Waals surface area contributed by atoms with Crippen LogP contribution in [0.3, 0.4) is 0 Å². The van der Waals surface area contributed by atoms with Gasteiger partial charge in [-0.2, -0.15) is 9.57 Å². The molecule has 1 aliphatic rings. The Kier molecular flexibility index (Phi) is 6.04. The van der Waals surface area contributed by atoms with Gasteiger partial charge in [-0.25, -0.2) is 12.8 Å². The predicted molar refractivity (Wildman–Crippen MR) is 101 cm³/mol. The van der Waals surface area contributed by atoms with Crippen LogP contribution < -0.4 is 5.32 Å². The van der Waals surface area contributed by atoms with Gasteiger partial charge in [0, 0.05) is 26.2 Å². The Morgan fingerprint density at radius 2 is 1.71 bits per heavy atom. The maximum Gasteiger partial charge on any atom is 0.244 e. The van der Waals surface area contributed by atoms with Crippen molar-refractivity contribution in [1.82, 2.24) is 9.21 Å². The molecule has 7 nitrogen and oxygen atoms in total. The summed E-state index contributed by atoms with van der Waals surface area (Å²) in [6.45, 7) is 1.17. The van der Waals surface area contributed by atoms with E-state index in [0.717, 1.165) is 0 Å². The van der Waals surface area contributed by atoms with Crippen LogP contribution in [0, 0.1) is 17.1 Å². The molecule has 146 valence electrons. The van der Waals surface area contributed by atoms with E-state index < -0.39 is 15.8 Å². The van der Waals surface area contributed by atoms with Gasteiger partial charge in [-0.3, -0.25) is 9.69 Å². The van der Waals surface area contributed by atoms with Gasteiger partial charge < -0.3 is 5.32 Å². The van der Waals surface area contributed by atoms with Gasteiger partial charge in [-0.1, -0.05) is 24.3 Å². The van der Waals surface area contributed by atoms with E-state index in [9.17, 15) is 17.6 Å². The second kappa shape index (κ2) is 8.48. The molecule has 1 heterocycles. The summed E-state index contributed by atoms with van der Waals surface area (Å²) < 4.78 is 40.5. The van der Waals surface area contributed by atoms with Crippen LogP contribution >= 0.6 is 0 Å². The van der Waals surface area contributed by atoms with E-state index in [2.05, 4.69) is 5.32 Å². The predicted octanol–water partition coefficient (Wildman–Crippen LogP) is 1.64. The Morgan fingerprint density at radius 3 is 2.39 bits per heavy atom. The topological polar surface area (TPSA) is 93.5 Å². The highest BCUT2D eigenvalue weighted by atomic mass is 32.2. The van der Waals surface area contributed by atoms with Crippen molar-refractivity contribution in [3.63, 3.8) is 0 Å². The Labute approximate surface area is 163 Å². The van der Waals surface area contributed by atoms with Gasteiger partial charge in [-0.05, 0) is 24.3 Å². The van der Waals surface area contributed by atoms with Crippen LogP contribution in [-0.2, 0) is 14.8 Å². The summed E-state index contributed by atoms with van der Waals surface area (Å²) in [4.78, 5) is 13.9. The average Bonchev–Trinajstić information content (AvgIpc) is 2.70. The van der Waals surface area contributed by atoms with E-state index in [-0.39, 0.29) is 41.7 Å². The molecular weight excluding hydrogens is 383 g/mol. The van der Waals surface area contributed by atoms with Gasteiger partial charge in [0.15, 0.2) is 0 Å². The zero-order valence-electron chi connectivity index (χ0n) is 15.0. The number of nitriles is 1. The number of amides is 1. The summed E-state index contributed by atoms with van der Waals surface area (Å²) in [5.74, 6) is -0.876. The second-order valence-electron chi connectivity index (χ2n) is 6.32. The van der Waals surface area contributed by atoms with E-state index in [1.807, 2.05) is 6.07 Å². The minimum absolute atomic E-state index is 0.0109. The Balaban J connectivity index is 1.59. The Morgan fingerprint density at radius 1 is 1.07 bits per heavy atom. The molecule has 0 atom stereocenters. The number of hydrogen-bond acceptors (Lipinski definition) is 5. The van der Waals surface area contributed by atoms with Gasteiger partial charge in [0.25, 0.3) is 0 Å². The van der Waals surface area contributed by atoms with Crippen molar-refractivity contribution in [2.45, 2.75) is 4.90 Å². The van der Waals surface area contributed by atoms with Gasteiger partial charge in [0.2, 0.25) is 15.9 Å². The average molecular weight is 402 g/mol. The van der Waals surface area contributed by atoms with E-state index >= 15 is 0 Å². The van der Waals surface area contributed by atoms with Gasteiger partial charge in [-0.15, -0.1) is 0 Å². The maximum atomic E-state index is 13.6. The number of halogens is 1. The first-order valence-corrected chi connectivity index (χ1v) is 10.1. The number of benzene rings is 2. The van der Waals surface area contributed by atoms with Crippen LogP contribution in [0.25, 0.3) is 0 Å². The summed E-state index contributed by atoms with van der Waals surface area (Å²) in [5, 5.41) is 11.7. The normalized spacial score (nSPS) is 15.7. The van der Waals surface area contributed by atoms with E-state index in [0.29, 0.717) is 13.1 Å². The van der Waals surface area contributed by atoms with E-state index in [4.69, 9.17) is 5.26 Å². The molecule has 1 fully saturated rings. The number of carbonyl (C=O) groups is 1. The van der Waals surface area contributed by atoms with Crippen LogP contribution in [0.1, 0.15) is 5.56 Å². The maximum absolute atomic E-state index is 13.6. The number of nitrogens with one attached hydrogen (secondary N) is 1. The minimum atomic E-state index is -3.78. The summed E-state index contributed by atoms with van der Waals surface area (Å²) >= 11 is 0. The van der Waals surface area contributed by atoms with Crippen molar-refractivity contribution < 1.29 is 17.6 Å². The number of piperazine rings is 1. The van der Waals surface area contributed by atoms with Crippen molar-refractivity contribution in [2.75, 3.05) is 38.0 Å². The van der Waals surface area contributed by atoms with Crippen LogP contribution in [0.5, 0.6) is 0 Å². The lowest BCUT2D eigenvalue weighted by Crippen LogP contribution is -2.50. The molecule has 28 heavy (non-hydrogen) atoms. The molecule has 2 aromatic rings. The lowest BCUT2D eigenvalue weighted by atomic mass is 10.2. The monoisotopic (exact) mass is 402 g/mol. The largest absolute Gasteiger partial charge is 0.322 e. The molecule has 1 amide bonds. The van der Waals surface area contributed by atoms with Crippen molar-refractivity contribution in [1.29, 1.82) is 5.26 Å². The zero-order valence-corrected chi connectivity index (χ0v) is 15.8. The van der Waals surface area contributed by atoms with Gasteiger partial charge in [0.05, 0.1) is 22.7 Å². The van der Waals surface area contributed by atoms with Gasteiger partial charge >= 0.3 is 0 Å². The SMILES string of the molecule is N#Cc1ccccc1S(=O)(=O)N1CCN(CC(=O)Nc2ccccc2F)CC1. The molecule has 0 aliphatic carbocycles. The second-order valence-corrected chi connectivity index (χ2v) is 8.22. The smallest absolute Gasteiger partial charge is 0.244 e. The first-order valence-electron chi connectivity index (χ1n) is 8.68. The van der Waals surface area contributed by atoms with E-state index in [1.165, 1.54) is 34.6 Å². The van der Waals surface area contributed by atoms with Crippen LogP contribution in [0.15, 0.2) is 53.4 Å². The number of rotatable bonds is 5. The minimum Gasteiger partial charge on any atom is -0.322 e. The molecule has 0 bridgehead atoms. The number of anilines is 1. The molecule has 1 saturated heterocycles. The highest BCUT2D eigenvalue weighted by molar-refractivity contribution is 7.89.